The van der Waals surface area contributed by atoms with E-state index in [2.05, 4.69) is 10.6 Å². The molecule has 0 saturated heterocycles. The number of anilines is 1. The van der Waals surface area contributed by atoms with E-state index in [0.29, 0.717) is 10.8 Å². The van der Waals surface area contributed by atoms with Gasteiger partial charge in [-0.15, -0.1) is 0 Å². The molecule has 5 heteroatoms. The van der Waals surface area contributed by atoms with Gasteiger partial charge in [-0.2, -0.15) is 0 Å². The SMILES string of the molecule is CNC1C(=O)Nc2cc(Oc3ccccc3C)c(Cl)cc21. The number of carbonyl (C=O) groups excluding carboxylic acids is 1. The molecule has 21 heavy (non-hydrogen) atoms. The summed E-state index contributed by atoms with van der Waals surface area (Å²) in [6.45, 7) is 1.97. The summed E-state index contributed by atoms with van der Waals surface area (Å²) in [6, 6.07) is 10.9. The quantitative estimate of drug-likeness (QED) is 0.910. The molecule has 1 amide bonds. The van der Waals surface area contributed by atoms with Gasteiger partial charge in [0.2, 0.25) is 5.91 Å². The van der Waals surface area contributed by atoms with Crippen LogP contribution in [-0.4, -0.2) is 13.0 Å². The zero-order chi connectivity index (χ0) is 15.0. The minimum atomic E-state index is -0.370. The maximum absolute atomic E-state index is 11.8. The summed E-state index contributed by atoms with van der Waals surface area (Å²) in [7, 11) is 1.74. The summed E-state index contributed by atoms with van der Waals surface area (Å²) in [6.07, 6.45) is 0. The second-order valence-electron chi connectivity index (χ2n) is 4.95. The minimum Gasteiger partial charge on any atom is -0.455 e. The molecule has 2 N–H and O–H groups in total. The normalized spacial score (nSPS) is 16.5. The van der Waals surface area contributed by atoms with E-state index in [0.717, 1.165) is 22.6 Å². The third-order valence-electron chi connectivity index (χ3n) is 3.54. The molecule has 2 aromatic rings. The summed E-state index contributed by atoms with van der Waals surface area (Å²) >= 11 is 6.29. The van der Waals surface area contributed by atoms with Gasteiger partial charge in [-0.1, -0.05) is 29.8 Å². The van der Waals surface area contributed by atoms with E-state index < -0.39 is 0 Å². The highest BCUT2D eigenvalue weighted by atomic mass is 35.5. The summed E-state index contributed by atoms with van der Waals surface area (Å²) in [4.78, 5) is 11.8. The smallest absolute Gasteiger partial charge is 0.246 e. The van der Waals surface area contributed by atoms with Crippen molar-refractivity contribution in [2.75, 3.05) is 12.4 Å². The summed E-state index contributed by atoms with van der Waals surface area (Å²) in [5, 5.41) is 6.27. The predicted octanol–water partition coefficient (Wildman–Crippen LogP) is 3.65. The molecule has 1 heterocycles. The van der Waals surface area contributed by atoms with Crippen LogP contribution >= 0.6 is 11.6 Å². The number of hydrogen-bond donors (Lipinski definition) is 2. The van der Waals surface area contributed by atoms with Crippen molar-refractivity contribution in [3.63, 3.8) is 0 Å². The van der Waals surface area contributed by atoms with Crippen LogP contribution in [-0.2, 0) is 4.79 Å². The van der Waals surface area contributed by atoms with Crippen molar-refractivity contribution in [1.82, 2.24) is 5.32 Å². The van der Waals surface area contributed by atoms with E-state index in [-0.39, 0.29) is 11.9 Å². The van der Waals surface area contributed by atoms with Crippen LogP contribution in [0.25, 0.3) is 0 Å². The Labute approximate surface area is 128 Å². The van der Waals surface area contributed by atoms with Crippen molar-refractivity contribution in [2.45, 2.75) is 13.0 Å². The Balaban J connectivity index is 1.98. The second-order valence-corrected chi connectivity index (χ2v) is 5.36. The van der Waals surface area contributed by atoms with E-state index in [1.54, 1.807) is 19.2 Å². The molecule has 1 unspecified atom stereocenters. The van der Waals surface area contributed by atoms with Crippen LogP contribution < -0.4 is 15.4 Å². The maximum atomic E-state index is 11.8. The second kappa shape index (κ2) is 5.39. The lowest BCUT2D eigenvalue weighted by molar-refractivity contribution is -0.117. The molecule has 0 spiro atoms. The van der Waals surface area contributed by atoms with Crippen LogP contribution in [0.4, 0.5) is 5.69 Å². The fourth-order valence-corrected chi connectivity index (χ4v) is 2.63. The largest absolute Gasteiger partial charge is 0.455 e. The molecule has 108 valence electrons. The lowest BCUT2D eigenvalue weighted by atomic mass is 10.1. The molecule has 0 fully saturated rings. The highest BCUT2D eigenvalue weighted by Gasteiger charge is 2.30. The Hall–Kier alpha value is -2.04. The molecule has 0 saturated carbocycles. The van der Waals surface area contributed by atoms with Gasteiger partial charge < -0.3 is 15.4 Å². The van der Waals surface area contributed by atoms with Crippen molar-refractivity contribution >= 4 is 23.2 Å². The Morgan fingerprint density at radius 1 is 1.24 bits per heavy atom. The Bertz CT molecular complexity index is 715. The Kier molecular flexibility index (Phi) is 3.57. The number of benzene rings is 2. The van der Waals surface area contributed by atoms with Crippen LogP contribution in [0.15, 0.2) is 36.4 Å². The first kappa shape index (κ1) is 13.9. The van der Waals surface area contributed by atoms with E-state index in [9.17, 15) is 4.79 Å². The number of halogens is 1. The van der Waals surface area contributed by atoms with Gasteiger partial charge in [0.15, 0.2) is 0 Å². The molecular formula is C16H15ClN2O2. The first-order valence-electron chi connectivity index (χ1n) is 6.65. The van der Waals surface area contributed by atoms with E-state index in [4.69, 9.17) is 16.3 Å². The Morgan fingerprint density at radius 2 is 2.00 bits per heavy atom. The fraction of sp³-hybridized carbons (Fsp3) is 0.188. The highest BCUT2D eigenvalue weighted by Crippen LogP contribution is 2.40. The van der Waals surface area contributed by atoms with Gasteiger partial charge >= 0.3 is 0 Å². The van der Waals surface area contributed by atoms with Gasteiger partial charge in [0.05, 0.1) is 5.02 Å². The average Bonchev–Trinajstić information content (AvgIpc) is 2.76. The number of fused-ring (bicyclic) bond motifs is 1. The van der Waals surface area contributed by atoms with Crippen molar-refractivity contribution in [1.29, 1.82) is 0 Å². The monoisotopic (exact) mass is 302 g/mol. The van der Waals surface area contributed by atoms with Gasteiger partial charge in [0, 0.05) is 17.3 Å². The molecule has 1 aliphatic heterocycles. The molecule has 1 aliphatic rings. The zero-order valence-electron chi connectivity index (χ0n) is 11.7. The molecule has 0 bridgehead atoms. The molecule has 4 nitrogen and oxygen atoms in total. The number of carbonyl (C=O) groups is 1. The summed E-state index contributed by atoms with van der Waals surface area (Å²) in [5.74, 6) is 1.19. The van der Waals surface area contributed by atoms with E-state index >= 15 is 0 Å². The summed E-state index contributed by atoms with van der Waals surface area (Å²) < 4.78 is 5.87. The number of rotatable bonds is 3. The van der Waals surface area contributed by atoms with Crippen LogP contribution in [0.5, 0.6) is 11.5 Å². The van der Waals surface area contributed by atoms with Gasteiger partial charge in [0.25, 0.3) is 0 Å². The van der Waals surface area contributed by atoms with Gasteiger partial charge in [0.1, 0.15) is 17.5 Å². The lowest BCUT2D eigenvalue weighted by Gasteiger charge is -2.12. The van der Waals surface area contributed by atoms with Crippen LogP contribution in [0, 0.1) is 6.92 Å². The third-order valence-corrected chi connectivity index (χ3v) is 3.83. The standard InChI is InChI=1S/C16H15ClN2O2/c1-9-5-3-4-6-13(9)21-14-8-12-10(7-11(14)17)15(18-2)16(20)19-12/h3-8,15,18H,1-2H3,(H,19,20). The molecule has 2 aromatic carbocycles. The van der Waals surface area contributed by atoms with Crippen molar-refractivity contribution in [3.8, 4) is 11.5 Å². The van der Waals surface area contributed by atoms with Crippen LogP contribution in [0.2, 0.25) is 5.02 Å². The number of aryl methyl sites for hydroxylation is 1. The number of amides is 1. The number of ether oxygens (including phenoxy) is 1. The number of nitrogens with one attached hydrogen (secondary N) is 2. The topological polar surface area (TPSA) is 50.4 Å². The summed E-state index contributed by atoms with van der Waals surface area (Å²) in [5.41, 5.74) is 2.59. The van der Waals surface area contributed by atoms with Crippen LogP contribution in [0.1, 0.15) is 17.2 Å². The fourth-order valence-electron chi connectivity index (χ4n) is 2.42. The molecule has 3 rings (SSSR count). The number of hydrogen-bond acceptors (Lipinski definition) is 3. The van der Waals surface area contributed by atoms with Gasteiger partial charge in [-0.25, -0.2) is 0 Å². The lowest BCUT2D eigenvalue weighted by Crippen LogP contribution is -2.23. The predicted molar refractivity (Wildman–Crippen MR) is 83.1 cm³/mol. The van der Waals surface area contributed by atoms with E-state index in [1.165, 1.54) is 0 Å². The molecule has 1 atom stereocenters. The van der Waals surface area contributed by atoms with Gasteiger partial charge in [-0.3, -0.25) is 4.79 Å². The molecule has 0 radical (unpaired) electrons. The molecule has 0 aromatic heterocycles. The number of likely N-dealkylation sites (N-methyl/N-ethyl adjacent to an activating group) is 1. The zero-order valence-corrected chi connectivity index (χ0v) is 12.5. The van der Waals surface area contributed by atoms with Gasteiger partial charge in [-0.05, 0) is 31.7 Å². The third kappa shape index (κ3) is 2.48. The highest BCUT2D eigenvalue weighted by molar-refractivity contribution is 6.32. The van der Waals surface area contributed by atoms with Crippen molar-refractivity contribution in [2.24, 2.45) is 0 Å². The minimum absolute atomic E-state index is 0.0865. The van der Waals surface area contributed by atoms with E-state index in [1.807, 2.05) is 31.2 Å². The first-order valence-corrected chi connectivity index (χ1v) is 7.03. The van der Waals surface area contributed by atoms with Crippen molar-refractivity contribution < 1.29 is 9.53 Å². The van der Waals surface area contributed by atoms with Crippen LogP contribution in [0.3, 0.4) is 0 Å². The van der Waals surface area contributed by atoms with Crippen molar-refractivity contribution in [3.05, 3.63) is 52.5 Å². The molecule has 0 aliphatic carbocycles. The maximum Gasteiger partial charge on any atom is 0.246 e. The first-order chi connectivity index (χ1) is 10.1. The molecular weight excluding hydrogens is 288 g/mol. The number of para-hydroxylation sites is 1. The Morgan fingerprint density at radius 3 is 2.71 bits per heavy atom. The average molecular weight is 303 g/mol.